The van der Waals surface area contributed by atoms with Gasteiger partial charge in [0.25, 0.3) is 5.91 Å². The zero-order valence-electron chi connectivity index (χ0n) is 14.5. The number of esters is 1. The van der Waals surface area contributed by atoms with Gasteiger partial charge < -0.3 is 9.30 Å². The quantitative estimate of drug-likeness (QED) is 0.603. The summed E-state index contributed by atoms with van der Waals surface area (Å²) < 4.78 is 8.35. The Morgan fingerprint density at radius 3 is 2.65 bits per heavy atom. The van der Waals surface area contributed by atoms with E-state index < -0.39 is 0 Å². The first kappa shape index (κ1) is 18.8. The molecule has 1 aromatic carbocycles. The summed E-state index contributed by atoms with van der Waals surface area (Å²) in [5.74, 6) is -0.736. The van der Waals surface area contributed by atoms with Gasteiger partial charge in [-0.15, -0.1) is 11.3 Å². The second kappa shape index (κ2) is 7.73. The number of thiazole rings is 1. The van der Waals surface area contributed by atoms with Gasteiger partial charge in [-0.25, -0.2) is 0 Å². The van der Waals surface area contributed by atoms with Crippen molar-refractivity contribution in [3.63, 3.8) is 0 Å². The minimum atomic E-state index is -0.375. The van der Waals surface area contributed by atoms with E-state index in [1.165, 1.54) is 22.7 Å². The number of benzene rings is 1. The van der Waals surface area contributed by atoms with Crippen LogP contribution in [0.1, 0.15) is 27.7 Å². The average molecular weight is 409 g/mol. The number of nitrogens with zero attached hydrogens (tertiary/aromatic N) is 2. The second-order valence-electron chi connectivity index (χ2n) is 5.73. The molecule has 3 aromatic rings. The molecule has 2 aromatic heterocycles. The summed E-state index contributed by atoms with van der Waals surface area (Å²) in [7, 11) is 0. The topological polar surface area (TPSA) is 60.7 Å². The highest BCUT2D eigenvalue weighted by molar-refractivity contribution is 7.18. The van der Waals surface area contributed by atoms with Crippen molar-refractivity contribution in [2.24, 2.45) is 4.99 Å². The van der Waals surface area contributed by atoms with Gasteiger partial charge in [-0.2, -0.15) is 4.99 Å². The largest absolute Gasteiger partial charge is 0.465 e. The molecule has 2 heterocycles. The highest BCUT2D eigenvalue weighted by atomic mass is 35.5. The summed E-state index contributed by atoms with van der Waals surface area (Å²) in [6, 6.07) is 7.37. The van der Waals surface area contributed by atoms with Crippen LogP contribution in [0.5, 0.6) is 0 Å². The molecule has 26 heavy (non-hydrogen) atoms. The van der Waals surface area contributed by atoms with Crippen LogP contribution in [0, 0.1) is 13.8 Å². The number of rotatable bonds is 4. The van der Waals surface area contributed by atoms with Gasteiger partial charge in [0.2, 0.25) is 0 Å². The fourth-order valence-corrected chi connectivity index (χ4v) is 4.66. The number of aromatic nitrogens is 1. The lowest BCUT2D eigenvalue weighted by molar-refractivity contribution is -0.143. The molecule has 0 saturated heterocycles. The van der Waals surface area contributed by atoms with E-state index >= 15 is 0 Å². The molecular weight excluding hydrogens is 392 g/mol. The summed E-state index contributed by atoms with van der Waals surface area (Å²) in [6.45, 7) is 6.07. The number of hydrogen-bond acceptors (Lipinski definition) is 5. The van der Waals surface area contributed by atoms with Gasteiger partial charge in [0.15, 0.2) is 4.80 Å². The lowest BCUT2D eigenvalue weighted by atomic mass is 10.1. The number of halogens is 1. The summed E-state index contributed by atoms with van der Waals surface area (Å²) >= 11 is 8.48. The lowest BCUT2D eigenvalue weighted by Crippen LogP contribution is -2.23. The van der Waals surface area contributed by atoms with Crippen molar-refractivity contribution in [2.45, 2.75) is 27.3 Å². The third-order valence-electron chi connectivity index (χ3n) is 3.69. The van der Waals surface area contributed by atoms with E-state index in [4.69, 9.17) is 16.3 Å². The van der Waals surface area contributed by atoms with Gasteiger partial charge in [0.05, 0.1) is 26.0 Å². The van der Waals surface area contributed by atoms with Crippen LogP contribution in [0.3, 0.4) is 0 Å². The third kappa shape index (κ3) is 3.90. The number of aryl methyl sites for hydroxylation is 2. The molecule has 0 saturated carbocycles. The first-order valence-corrected chi connectivity index (χ1v) is 10.0. The normalized spacial score (nSPS) is 11.9. The highest BCUT2D eigenvalue weighted by Gasteiger charge is 2.15. The van der Waals surface area contributed by atoms with E-state index in [1.54, 1.807) is 23.6 Å². The van der Waals surface area contributed by atoms with Crippen LogP contribution < -0.4 is 4.80 Å². The van der Waals surface area contributed by atoms with Crippen LogP contribution in [0.15, 0.2) is 29.3 Å². The van der Waals surface area contributed by atoms with Crippen molar-refractivity contribution >= 4 is 56.4 Å². The van der Waals surface area contributed by atoms with E-state index in [0.29, 0.717) is 20.6 Å². The zero-order valence-corrected chi connectivity index (χ0v) is 16.9. The third-order valence-corrected chi connectivity index (χ3v) is 6.14. The Labute approximate surface area is 163 Å². The van der Waals surface area contributed by atoms with Crippen molar-refractivity contribution in [3.8, 4) is 0 Å². The predicted molar refractivity (Wildman–Crippen MR) is 105 cm³/mol. The van der Waals surface area contributed by atoms with Gasteiger partial charge in [-0.1, -0.05) is 29.0 Å². The van der Waals surface area contributed by atoms with Crippen LogP contribution in [-0.4, -0.2) is 23.1 Å². The minimum Gasteiger partial charge on any atom is -0.465 e. The number of amides is 1. The van der Waals surface area contributed by atoms with E-state index in [-0.39, 0.29) is 18.4 Å². The van der Waals surface area contributed by atoms with Crippen molar-refractivity contribution < 1.29 is 14.3 Å². The molecule has 0 aliphatic heterocycles. The number of fused-ring (bicyclic) bond motifs is 1. The molecule has 0 fully saturated rings. The maximum atomic E-state index is 12.5. The fraction of sp³-hybridized carbons (Fsp3) is 0.278. The fourth-order valence-electron chi connectivity index (χ4n) is 2.66. The maximum Gasteiger partial charge on any atom is 0.326 e. The average Bonchev–Trinajstić information content (AvgIpc) is 3.13. The summed E-state index contributed by atoms with van der Waals surface area (Å²) in [6.07, 6.45) is 0. The Morgan fingerprint density at radius 1 is 1.23 bits per heavy atom. The van der Waals surface area contributed by atoms with Gasteiger partial charge in [0.1, 0.15) is 6.54 Å². The highest BCUT2D eigenvalue weighted by Crippen LogP contribution is 2.25. The monoisotopic (exact) mass is 408 g/mol. The standard InChI is InChI=1S/C18H17ClN2O3S2/c1-4-24-15(22)9-21-12-8-10(2)7-11(3)16(12)26-18(21)20-17(23)13-5-6-14(19)25-13/h5-8H,4,9H2,1-3H3. The molecule has 0 spiro atoms. The molecule has 0 bridgehead atoms. The van der Waals surface area contributed by atoms with Crippen LogP contribution in [-0.2, 0) is 16.1 Å². The van der Waals surface area contributed by atoms with E-state index in [0.717, 1.165) is 21.3 Å². The van der Waals surface area contributed by atoms with E-state index in [9.17, 15) is 9.59 Å². The predicted octanol–water partition coefficient (Wildman–Crippen LogP) is 4.34. The Morgan fingerprint density at radius 2 is 2.00 bits per heavy atom. The molecular formula is C18H17ClN2O3S2. The molecule has 0 N–H and O–H groups in total. The first-order chi connectivity index (χ1) is 12.4. The van der Waals surface area contributed by atoms with Crippen LogP contribution >= 0.6 is 34.3 Å². The second-order valence-corrected chi connectivity index (χ2v) is 8.42. The molecule has 1 amide bonds. The molecule has 136 valence electrons. The van der Waals surface area contributed by atoms with Gasteiger partial charge >= 0.3 is 5.97 Å². The van der Waals surface area contributed by atoms with E-state index in [2.05, 4.69) is 11.1 Å². The van der Waals surface area contributed by atoms with Crippen molar-refractivity contribution in [2.75, 3.05) is 6.61 Å². The minimum absolute atomic E-state index is 0.00798. The SMILES string of the molecule is CCOC(=O)Cn1c(=NC(=O)c2ccc(Cl)s2)sc2c(C)cc(C)cc21. The molecule has 3 rings (SSSR count). The Balaban J connectivity index is 2.16. The molecule has 5 nitrogen and oxygen atoms in total. The smallest absolute Gasteiger partial charge is 0.326 e. The van der Waals surface area contributed by atoms with E-state index in [1.807, 2.05) is 19.9 Å². The van der Waals surface area contributed by atoms with Crippen molar-refractivity contribution in [1.82, 2.24) is 4.57 Å². The zero-order chi connectivity index (χ0) is 18.8. The summed E-state index contributed by atoms with van der Waals surface area (Å²) in [5, 5.41) is 0. The van der Waals surface area contributed by atoms with Crippen molar-refractivity contribution in [3.05, 3.63) is 49.4 Å². The Hall–Kier alpha value is -1.96. The van der Waals surface area contributed by atoms with Crippen molar-refractivity contribution in [1.29, 1.82) is 0 Å². The number of ether oxygens (including phenoxy) is 1. The molecule has 8 heteroatoms. The Bertz CT molecular complexity index is 1060. The summed E-state index contributed by atoms with van der Waals surface area (Å²) in [5.41, 5.74) is 3.03. The molecule has 0 aliphatic rings. The van der Waals surface area contributed by atoms with Gasteiger partial charge in [0, 0.05) is 0 Å². The number of thiophene rings is 1. The number of carbonyl (C=O) groups is 2. The molecule has 0 aliphatic carbocycles. The van der Waals surface area contributed by atoms with Gasteiger partial charge in [-0.05, 0) is 50.1 Å². The lowest BCUT2D eigenvalue weighted by Gasteiger charge is -2.06. The molecule has 0 radical (unpaired) electrons. The van der Waals surface area contributed by atoms with Crippen LogP contribution in [0.4, 0.5) is 0 Å². The number of hydrogen-bond donors (Lipinski definition) is 0. The van der Waals surface area contributed by atoms with Gasteiger partial charge in [-0.3, -0.25) is 9.59 Å². The Kier molecular flexibility index (Phi) is 5.60. The first-order valence-electron chi connectivity index (χ1n) is 7.99. The van der Waals surface area contributed by atoms with Crippen LogP contribution in [0.25, 0.3) is 10.2 Å². The number of carbonyl (C=O) groups excluding carboxylic acids is 2. The summed E-state index contributed by atoms with van der Waals surface area (Å²) in [4.78, 5) is 29.7. The maximum absolute atomic E-state index is 12.5. The molecule has 0 atom stereocenters. The van der Waals surface area contributed by atoms with Crippen LogP contribution in [0.2, 0.25) is 4.34 Å². The molecule has 0 unspecified atom stereocenters.